The van der Waals surface area contributed by atoms with Crippen molar-refractivity contribution in [2.75, 3.05) is 12.8 Å². The van der Waals surface area contributed by atoms with Gasteiger partial charge in [0.25, 0.3) is 0 Å². The average Bonchev–Trinajstić information content (AvgIpc) is 2.17. The Kier molecular flexibility index (Phi) is 3.96. The van der Waals surface area contributed by atoms with E-state index in [1.165, 1.54) is 4.90 Å². The van der Waals surface area contributed by atoms with Gasteiger partial charge in [0.05, 0.1) is 5.69 Å². The number of pyridine rings is 1. The summed E-state index contributed by atoms with van der Waals surface area (Å²) in [7, 11) is 2.00. The van der Waals surface area contributed by atoms with Gasteiger partial charge in [-0.1, -0.05) is 0 Å². The molecule has 0 spiro atoms. The minimum Gasteiger partial charge on any atom is -0.314 e. The van der Waals surface area contributed by atoms with Gasteiger partial charge in [0.2, 0.25) is 0 Å². The summed E-state index contributed by atoms with van der Waals surface area (Å²) in [5, 5.41) is 3.29. The molecule has 0 aliphatic carbocycles. The predicted molar refractivity (Wildman–Crippen MR) is 62.8 cm³/mol. The molecule has 1 heterocycles. The Morgan fingerprint density at radius 3 is 2.79 bits per heavy atom. The molecule has 0 fully saturated rings. The van der Waals surface area contributed by atoms with Crippen molar-refractivity contribution in [3.8, 4) is 0 Å². The van der Waals surface area contributed by atoms with E-state index in [0.29, 0.717) is 0 Å². The molecule has 3 heteroatoms. The molecule has 0 aliphatic heterocycles. The summed E-state index contributed by atoms with van der Waals surface area (Å²) in [6.45, 7) is 6.45. The lowest BCUT2D eigenvalue weighted by Crippen LogP contribution is -2.38. The molecule has 2 nitrogen and oxygen atoms in total. The molecule has 1 aromatic rings. The van der Waals surface area contributed by atoms with Gasteiger partial charge in [-0.25, -0.2) is 0 Å². The van der Waals surface area contributed by atoms with E-state index in [4.69, 9.17) is 0 Å². The summed E-state index contributed by atoms with van der Waals surface area (Å²) in [5.74, 6) is 1.05. The van der Waals surface area contributed by atoms with Crippen LogP contribution in [0.25, 0.3) is 0 Å². The third-order valence-corrected chi connectivity index (χ3v) is 3.83. The number of hydrogen-bond donors (Lipinski definition) is 1. The molecular weight excluding hydrogens is 192 g/mol. The minimum atomic E-state index is 0.174. The van der Waals surface area contributed by atoms with Crippen LogP contribution in [0.2, 0.25) is 0 Å². The number of hydrogen-bond acceptors (Lipinski definition) is 3. The third-order valence-electron chi connectivity index (χ3n) is 2.22. The lowest BCUT2D eigenvalue weighted by Gasteiger charge is -2.23. The Labute approximate surface area is 90.5 Å². The molecule has 0 radical (unpaired) electrons. The maximum Gasteiger partial charge on any atom is 0.0508 e. The Hall–Kier alpha value is -0.540. The number of aryl methyl sites for hydroxylation is 1. The van der Waals surface area contributed by atoms with Gasteiger partial charge >= 0.3 is 0 Å². The summed E-state index contributed by atoms with van der Waals surface area (Å²) >= 11 is 1.85. The fourth-order valence-electron chi connectivity index (χ4n) is 0.952. The Bertz CT molecular complexity index is 297. The van der Waals surface area contributed by atoms with E-state index in [-0.39, 0.29) is 5.54 Å². The van der Waals surface area contributed by atoms with Crippen LogP contribution in [0.5, 0.6) is 0 Å². The average molecular weight is 210 g/mol. The van der Waals surface area contributed by atoms with E-state index < -0.39 is 0 Å². The van der Waals surface area contributed by atoms with E-state index in [1.807, 2.05) is 31.1 Å². The van der Waals surface area contributed by atoms with E-state index in [9.17, 15) is 0 Å². The van der Waals surface area contributed by atoms with Crippen LogP contribution >= 0.6 is 11.8 Å². The summed E-state index contributed by atoms with van der Waals surface area (Å²) < 4.78 is 0. The molecule has 14 heavy (non-hydrogen) atoms. The zero-order valence-electron chi connectivity index (χ0n) is 9.29. The van der Waals surface area contributed by atoms with Crippen LogP contribution in [0.3, 0.4) is 0 Å². The lowest BCUT2D eigenvalue weighted by molar-refractivity contribution is 0.478. The van der Waals surface area contributed by atoms with Crippen molar-refractivity contribution in [1.29, 1.82) is 0 Å². The lowest BCUT2D eigenvalue weighted by atomic mass is 10.1. The minimum absolute atomic E-state index is 0.174. The second kappa shape index (κ2) is 4.80. The van der Waals surface area contributed by atoms with Gasteiger partial charge < -0.3 is 5.32 Å². The normalized spacial score (nSPS) is 11.7. The standard InChI is InChI=1S/C11H18N2S/c1-9-10(6-5-7-13-9)14-8-11(2,3)12-4/h5-7,12H,8H2,1-4H3. The fraction of sp³-hybridized carbons (Fsp3) is 0.545. The highest BCUT2D eigenvalue weighted by molar-refractivity contribution is 7.99. The molecule has 0 unspecified atom stereocenters. The highest BCUT2D eigenvalue weighted by atomic mass is 32.2. The molecule has 1 aromatic heterocycles. The summed E-state index contributed by atoms with van der Waals surface area (Å²) in [4.78, 5) is 5.54. The molecule has 0 aromatic carbocycles. The smallest absolute Gasteiger partial charge is 0.0508 e. The van der Waals surface area contributed by atoms with E-state index in [0.717, 1.165) is 11.4 Å². The highest BCUT2D eigenvalue weighted by Crippen LogP contribution is 2.23. The zero-order valence-corrected chi connectivity index (χ0v) is 10.1. The molecule has 78 valence electrons. The molecular formula is C11H18N2S. The highest BCUT2D eigenvalue weighted by Gasteiger charge is 2.15. The van der Waals surface area contributed by atoms with Crippen molar-refractivity contribution in [3.63, 3.8) is 0 Å². The van der Waals surface area contributed by atoms with Gasteiger partial charge in [0, 0.05) is 22.4 Å². The van der Waals surface area contributed by atoms with Crippen LogP contribution in [0.1, 0.15) is 19.5 Å². The molecule has 0 saturated carbocycles. The maximum absolute atomic E-state index is 4.26. The first-order valence-corrected chi connectivity index (χ1v) is 5.77. The first kappa shape index (κ1) is 11.5. The third kappa shape index (κ3) is 3.31. The number of thioether (sulfide) groups is 1. The Morgan fingerprint density at radius 1 is 1.50 bits per heavy atom. The molecule has 0 bridgehead atoms. The first-order valence-electron chi connectivity index (χ1n) is 4.78. The number of nitrogens with zero attached hydrogens (tertiary/aromatic N) is 1. The van der Waals surface area contributed by atoms with Crippen molar-refractivity contribution in [2.45, 2.75) is 31.2 Å². The van der Waals surface area contributed by atoms with Gasteiger partial charge in [-0.3, -0.25) is 4.98 Å². The number of nitrogens with one attached hydrogen (secondary N) is 1. The molecule has 0 aliphatic rings. The monoisotopic (exact) mass is 210 g/mol. The van der Waals surface area contributed by atoms with Crippen LogP contribution in [-0.4, -0.2) is 23.3 Å². The predicted octanol–water partition coefficient (Wildman–Crippen LogP) is 2.48. The zero-order chi connectivity index (χ0) is 10.6. The molecule has 0 saturated heterocycles. The Morgan fingerprint density at radius 2 is 2.21 bits per heavy atom. The molecule has 0 amide bonds. The van der Waals surface area contributed by atoms with Gasteiger partial charge in [0.15, 0.2) is 0 Å². The first-order chi connectivity index (χ1) is 6.55. The fourth-order valence-corrected chi connectivity index (χ4v) is 2.05. The van der Waals surface area contributed by atoms with Crippen LogP contribution in [-0.2, 0) is 0 Å². The second-order valence-electron chi connectivity index (χ2n) is 4.01. The van der Waals surface area contributed by atoms with E-state index in [1.54, 1.807) is 0 Å². The van der Waals surface area contributed by atoms with Crippen molar-refractivity contribution in [2.24, 2.45) is 0 Å². The van der Waals surface area contributed by atoms with Crippen LogP contribution in [0.15, 0.2) is 23.2 Å². The largest absolute Gasteiger partial charge is 0.314 e. The second-order valence-corrected chi connectivity index (χ2v) is 5.03. The SMILES string of the molecule is CNC(C)(C)CSc1cccnc1C. The molecule has 0 atom stereocenters. The number of rotatable bonds is 4. The maximum atomic E-state index is 4.26. The quantitative estimate of drug-likeness (QED) is 0.773. The van der Waals surface area contributed by atoms with Crippen LogP contribution in [0.4, 0.5) is 0 Å². The topological polar surface area (TPSA) is 24.9 Å². The van der Waals surface area contributed by atoms with Crippen LogP contribution < -0.4 is 5.32 Å². The van der Waals surface area contributed by atoms with Crippen molar-refractivity contribution in [1.82, 2.24) is 10.3 Å². The summed E-state index contributed by atoms with van der Waals surface area (Å²) in [6.07, 6.45) is 1.84. The van der Waals surface area contributed by atoms with Crippen molar-refractivity contribution >= 4 is 11.8 Å². The molecule has 1 N–H and O–H groups in total. The van der Waals surface area contributed by atoms with Gasteiger partial charge in [-0.05, 0) is 40.0 Å². The summed E-state index contributed by atoms with van der Waals surface area (Å²) in [5.41, 5.74) is 1.29. The van der Waals surface area contributed by atoms with Crippen molar-refractivity contribution < 1.29 is 0 Å². The molecule has 1 rings (SSSR count). The van der Waals surface area contributed by atoms with E-state index in [2.05, 4.69) is 37.1 Å². The summed E-state index contributed by atoms with van der Waals surface area (Å²) in [6, 6.07) is 4.11. The van der Waals surface area contributed by atoms with Gasteiger partial charge in [0.1, 0.15) is 0 Å². The van der Waals surface area contributed by atoms with Gasteiger partial charge in [-0.2, -0.15) is 0 Å². The van der Waals surface area contributed by atoms with Crippen molar-refractivity contribution in [3.05, 3.63) is 24.0 Å². The van der Waals surface area contributed by atoms with E-state index >= 15 is 0 Å². The number of aromatic nitrogens is 1. The van der Waals surface area contributed by atoms with Gasteiger partial charge in [-0.15, -0.1) is 11.8 Å². The van der Waals surface area contributed by atoms with Crippen LogP contribution in [0, 0.1) is 6.92 Å². The Balaban J connectivity index is 2.58.